The van der Waals surface area contributed by atoms with Crippen LogP contribution in [0.15, 0.2) is 59.4 Å². The molecular formula is C59H66FN7O14. The number of rotatable bonds is 24. The summed E-state index contributed by atoms with van der Waals surface area (Å²) in [6.07, 6.45) is 2.75. The monoisotopic (exact) mass is 1120 g/mol. The number of pyridine rings is 2. The summed E-state index contributed by atoms with van der Waals surface area (Å²) in [6.45, 7) is 7.07. The van der Waals surface area contributed by atoms with E-state index >= 15 is 4.39 Å². The number of hydrogen-bond acceptors (Lipinski definition) is 15. The van der Waals surface area contributed by atoms with Crippen molar-refractivity contribution in [3.63, 3.8) is 0 Å². The van der Waals surface area contributed by atoms with Crippen molar-refractivity contribution in [2.75, 3.05) is 19.6 Å². The molecular weight excluding hydrogens is 1050 g/mol. The summed E-state index contributed by atoms with van der Waals surface area (Å²) in [5.41, 5.74) is 0.762. The molecule has 5 heterocycles. The predicted octanol–water partition coefficient (Wildman–Crippen LogP) is 3.73. The Bertz CT molecular complexity index is 3330. The largest absolute Gasteiger partial charge is 0.460 e. The SMILES string of the molecule is CC[C@@]1(O)C(=O)OCc2c1cc1n(c2=O)Cc2c-1nc1cc(F)c(C)c3c1c2[C@@H](NC(=O)CNC(=O)[C@@H](CC(=O)CNC(=O)CCC(=O)[C@@H](CC(=O)OC(C)(C)C)NC(=O)CCCCCN1C(=O)C=CC1=O)Cc1ccccc1)CC3. The number of halogens is 1. The van der Waals surface area contributed by atoms with Crippen LogP contribution in [0.4, 0.5) is 4.39 Å². The van der Waals surface area contributed by atoms with Gasteiger partial charge in [0, 0.05) is 72.9 Å². The molecule has 2 aromatic carbocycles. The van der Waals surface area contributed by atoms with Crippen molar-refractivity contribution in [3.05, 3.63) is 110 Å². The lowest BCUT2D eigenvalue weighted by molar-refractivity contribution is -0.172. The van der Waals surface area contributed by atoms with Crippen molar-refractivity contribution in [1.29, 1.82) is 0 Å². The highest BCUT2D eigenvalue weighted by atomic mass is 19.1. The van der Waals surface area contributed by atoms with E-state index in [1.807, 2.05) is 0 Å². The Balaban J connectivity index is 0.883. The molecule has 1 aliphatic carbocycles. The minimum atomic E-state index is -2.07. The summed E-state index contributed by atoms with van der Waals surface area (Å²) in [4.78, 5) is 150. The number of ether oxygens (including phenoxy) is 2. The van der Waals surface area contributed by atoms with Crippen molar-refractivity contribution in [1.82, 2.24) is 35.7 Å². The molecule has 6 amide bonds. The number of fused-ring (bicyclic) bond motifs is 5. The number of imide groups is 1. The van der Waals surface area contributed by atoms with Crippen molar-refractivity contribution in [2.24, 2.45) is 5.92 Å². The van der Waals surface area contributed by atoms with Gasteiger partial charge in [-0.3, -0.25) is 52.8 Å². The van der Waals surface area contributed by atoms with E-state index in [1.54, 1.807) is 71.0 Å². The van der Waals surface area contributed by atoms with Gasteiger partial charge in [0.25, 0.3) is 17.4 Å². The Morgan fingerprint density at radius 1 is 0.877 bits per heavy atom. The minimum absolute atomic E-state index is 0.0205. The van der Waals surface area contributed by atoms with Gasteiger partial charge in [0.1, 0.15) is 18.0 Å². The maximum absolute atomic E-state index is 15.5. The van der Waals surface area contributed by atoms with Crippen LogP contribution in [0.3, 0.4) is 0 Å². The number of Topliss-reactive ketones (excluding diaryl/α,β-unsaturated/α-hetero) is 2. The predicted molar refractivity (Wildman–Crippen MR) is 289 cm³/mol. The molecule has 4 aliphatic rings. The first-order valence-corrected chi connectivity index (χ1v) is 27.2. The van der Waals surface area contributed by atoms with E-state index in [2.05, 4.69) is 21.3 Å². The Morgan fingerprint density at radius 2 is 1.60 bits per heavy atom. The van der Waals surface area contributed by atoms with Crippen LogP contribution in [0.2, 0.25) is 0 Å². The number of nitrogens with zero attached hydrogens (tertiary/aromatic N) is 3. The zero-order valence-corrected chi connectivity index (χ0v) is 45.9. The average Bonchev–Trinajstić information content (AvgIpc) is 2.41. The molecule has 4 aromatic rings. The summed E-state index contributed by atoms with van der Waals surface area (Å²) in [7, 11) is 0. The molecule has 0 bridgehead atoms. The number of aromatic nitrogens is 2. The number of cyclic esters (lactones) is 1. The number of amides is 6. The first kappa shape index (κ1) is 58.9. The van der Waals surface area contributed by atoms with Gasteiger partial charge in [-0.2, -0.15) is 0 Å². The van der Waals surface area contributed by atoms with Gasteiger partial charge in [-0.25, -0.2) is 14.2 Å². The number of carbonyl (C=O) groups is 10. The van der Waals surface area contributed by atoms with Crippen molar-refractivity contribution in [2.45, 2.75) is 148 Å². The van der Waals surface area contributed by atoms with Crippen LogP contribution in [0.25, 0.3) is 22.3 Å². The van der Waals surface area contributed by atoms with E-state index in [4.69, 9.17) is 14.5 Å². The molecule has 81 heavy (non-hydrogen) atoms. The molecule has 22 heteroatoms. The number of esters is 2. The summed E-state index contributed by atoms with van der Waals surface area (Å²) in [5.74, 6) is -7.48. The lowest BCUT2D eigenvalue weighted by atomic mass is 9.81. The topological polar surface area (TPSA) is 296 Å². The number of nitrogens with one attached hydrogen (secondary N) is 4. The van der Waals surface area contributed by atoms with Crippen molar-refractivity contribution in [3.8, 4) is 11.4 Å². The van der Waals surface area contributed by atoms with Gasteiger partial charge in [0.2, 0.25) is 23.6 Å². The molecule has 3 aliphatic heterocycles. The molecule has 8 rings (SSSR count). The van der Waals surface area contributed by atoms with Gasteiger partial charge in [0.15, 0.2) is 17.2 Å². The Morgan fingerprint density at radius 3 is 2.31 bits per heavy atom. The number of benzene rings is 2. The maximum Gasteiger partial charge on any atom is 0.343 e. The normalized spacial score (nSPS) is 17.6. The summed E-state index contributed by atoms with van der Waals surface area (Å²) >= 11 is 0. The van der Waals surface area contributed by atoms with Crippen LogP contribution in [0.1, 0.15) is 137 Å². The van der Waals surface area contributed by atoms with Gasteiger partial charge in [0.05, 0.1) is 60.6 Å². The molecule has 428 valence electrons. The van der Waals surface area contributed by atoms with E-state index in [9.17, 15) is 57.8 Å². The second-order valence-corrected chi connectivity index (χ2v) is 21.9. The number of hydrogen-bond donors (Lipinski definition) is 5. The zero-order chi connectivity index (χ0) is 58.5. The van der Waals surface area contributed by atoms with Crippen molar-refractivity contribution < 1.29 is 66.9 Å². The minimum Gasteiger partial charge on any atom is -0.460 e. The van der Waals surface area contributed by atoms with Gasteiger partial charge >= 0.3 is 11.9 Å². The van der Waals surface area contributed by atoms with E-state index in [1.165, 1.54) is 22.8 Å². The number of aliphatic hydroxyl groups is 1. The van der Waals surface area contributed by atoms with Crippen LogP contribution >= 0.6 is 0 Å². The van der Waals surface area contributed by atoms with Gasteiger partial charge in [-0.05, 0) is 94.5 Å². The number of unbranched alkanes of at least 4 members (excludes halogenated alkanes) is 2. The smallest absolute Gasteiger partial charge is 0.343 e. The van der Waals surface area contributed by atoms with E-state index in [0.29, 0.717) is 71.1 Å². The molecule has 5 N–H and O–H groups in total. The van der Waals surface area contributed by atoms with E-state index in [0.717, 1.165) is 10.5 Å². The number of aryl methyl sites for hydroxylation is 1. The summed E-state index contributed by atoms with van der Waals surface area (Å²) < 4.78 is 27.6. The van der Waals surface area contributed by atoms with Crippen molar-refractivity contribution >= 4 is 69.9 Å². The second-order valence-electron chi connectivity index (χ2n) is 21.9. The fourth-order valence-electron chi connectivity index (χ4n) is 10.9. The fraction of sp³-hybridized carbons (Fsp3) is 0.458. The van der Waals surface area contributed by atoms with Crippen LogP contribution in [0, 0.1) is 18.7 Å². The maximum atomic E-state index is 15.5. The van der Waals surface area contributed by atoms with Crippen LogP contribution < -0.4 is 26.8 Å². The Labute approximate surface area is 465 Å². The Kier molecular flexibility index (Phi) is 17.9. The quantitative estimate of drug-likeness (QED) is 0.0334. The molecule has 21 nitrogen and oxygen atoms in total. The molecule has 0 saturated carbocycles. The third kappa shape index (κ3) is 13.3. The number of carbonyl (C=O) groups excluding carboxylic acids is 10. The second kappa shape index (κ2) is 24.6. The average molecular weight is 1120 g/mol. The highest BCUT2D eigenvalue weighted by molar-refractivity contribution is 6.12. The van der Waals surface area contributed by atoms with Crippen LogP contribution in [0.5, 0.6) is 0 Å². The van der Waals surface area contributed by atoms with Gasteiger partial charge < -0.3 is 40.4 Å². The first-order chi connectivity index (χ1) is 38.5. The highest BCUT2D eigenvalue weighted by Crippen LogP contribution is 2.46. The molecule has 2 aromatic heterocycles. The molecule has 0 unspecified atom stereocenters. The zero-order valence-electron chi connectivity index (χ0n) is 45.9. The molecule has 0 spiro atoms. The molecule has 0 radical (unpaired) electrons. The lowest BCUT2D eigenvalue weighted by Gasteiger charge is -2.31. The standard InChI is InChI=1S/C59H66FN7O14/c1-6-59(79)39-25-44-54-37(30-67(44)56(77)38(39)31-80-57(59)78)53-41(17-16-36-32(2)40(60)26-43(65-54)52(36)53)63-48(72)29-62-55(76)34(23-33-13-9-7-10-14-33)24-35(68)28-61-46(70)19-18-45(69)42(27-51(75)81-58(3,4)5)64-47(71)15-11-8-12-22-66-49(73)20-21-50(66)74/h7,9-10,13-14,20-21,25-26,34,41-42,79H,6,8,11-12,15-19,22-24,27-31H2,1-5H3,(H,61,70)(H,62,76)(H,63,72)(H,64,71)/t34-,41+,42-,59+/m1/s1. The van der Waals surface area contributed by atoms with Crippen LogP contribution in [-0.2, 0) is 89.0 Å². The van der Waals surface area contributed by atoms with Crippen LogP contribution in [-0.4, -0.2) is 110 Å². The third-order valence-electron chi connectivity index (χ3n) is 15.1. The summed E-state index contributed by atoms with van der Waals surface area (Å²) in [6, 6.07) is 9.73. The highest BCUT2D eigenvalue weighted by Gasteiger charge is 2.46. The molecule has 0 saturated heterocycles. The molecule has 4 atom stereocenters. The van der Waals surface area contributed by atoms with E-state index < -0.39 is 132 Å². The third-order valence-corrected chi connectivity index (χ3v) is 15.1. The molecule has 0 fully saturated rings. The number of ketones is 2. The summed E-state index contributed by atoms with van der Waals surface area (Å²) in [5, 5.41) is 22.8. The van der Waals surface area contributed by atoms with Gasteiger partial charge in [-0.1, -0.05) is 43.7 Å². The van der Waals surface area contributed by atoms with Gasteiger partial charge in [-0.15, -0.1) is 0 Å². The Hall–Kier alpha value is -8.27. The van der Waals surface area contributed by atoms with E-state index in [-0.39, 0.29) is 62.0 Å². The lowest BCUT2D eigenvalue weighted by Crippen LogP contribution is -2.44. The first-order valence-electron chi connectivity index (χ1n) is 27.2. The fourth-order valence-corrected chi connectivity index (χ4v) is 10.9.